The Balaban J connectivity index is 0.00000364. The minimum Gasteiger partial charge on any atom is -0.337 e. The Morgan fingerprint density at radius 3 is 2.56 bits per heavy atom. The number of halogens is 2. The minimum atomic E-state index is -2.28. The number of rotatable bonds is 6. The number of nitrogens with one attached hydrogen (secondary N) is 1. The lowest BCUT2D eigenvalue weighted by atomic mass is 9.91. The molecule has 27 heavy (non-hydrogen) atoms. The van der Waals surface area contributed by atoms with Gasteiger partial charge in [0.05, 0.1) is 4.86 Å². The van der Waals surface area contributed by atoms with Crippen LogP contribution in [-0.4, -0.2) is 69.4 Å². The van der Waals surface area contributed by atoms with Crippen LogP contribution in [0.3, 0.4) is 0 Å². The molecule has 1 aliphatic heterocycles. The summed E-state index contributed by atoms with van der Waals surface area (Å²) in [6.45, 7) is 2.43. The summed E-state index contributed by atoms with van der Waals surface area (Å²) in [5, 5.41) is 3.52. The second-order valence-corrected chi connectivity index (χ2v) is 8.25. The smallest absolute Gasteiger partial charge is 0.317 e. The Morgan fingerprint density at radius 2 is 1.96 bits per heavy atom. The van der Waals surface area contributed by atoms with Gasteiger partial charge in [-0.25, -0.2) is 4.79 Å². The normalized spacial score (nSPS) is 16.6. The molecule has 0 aromatic heterocycles. The lowest BCUT2D eigenvalue weighted by Gasteiger charge is -2.33. The number of benzene rings is 1. The van der Waals surface area contributed by atoms with Crippen LogP contribution in [0, 0.1) is 5.92 Å². The van der Waals surface area contributed by atoms with Crippen LogP contribution < -0.4 is 5.32 Å². The number of likely N-dealkylation sites (tertiary alicyclic amines) is 1. The van der Waals surface area contributed by atoms with Crippen LogP contribution in [0.4, 0.5) is 4.79 Å². The third kappa shape index (κ3) is 7.70. The molecule has 0 aliphatic carbocycles. The summed E-state index contributed by atoms with van der Waals surface area (Å²) in [5.74, 6) is -0.141. The van der Waals surface area contributed by atoms with Gasteiger partial charge in [-0.1, -0.05) is 23.7 Å². The van der Waals surface area contributed by atoms with Crippen molar-refractivity contribution in [2.24, 2.45) is 5.92 Å². The van der Waals surface area contributed by atoms with Crippen LogP contribution in [0.15, 0.2) is 24.3 Å². The molecule has 2 amide bonds. The third-order valence-corrected chi connectivity index (χ3v) is 5.66. The van der Waals surface area contributed by atoms with E-state index in [0.717, 1.165) is 24.9 Å². The zero-order valence-electron chi connectivity index (χ0n) is 15.7. The molecule has 0 radical (unpaired) electrons. The molecule has 1 atom stereocenters. The number of carbonyl (C=O) groups is 1. The van der Waals surface area contributed by atoms with Gasteiger partial charge in [0.25, 0.3) is 0 Å². The second-order valence-electron chi connectivity index (χ2n) is 6.82. The van der Waals surface area contributed by atoms with Crippen LogP contribution in [0.1, 0.15) is 18.4 Å². The van der Waals surface area contributed by atoms with Crippen LogP contribution in [0.5, 0.6) is 0 Å². The van der Waals surface area contributed by atoms with Crippen molar-refractivity contribution in [1.29, 1.82) is 0 Å². The molecule has 2 rings (SSSR count). The number of nitrogens with zero attached hydrogens (tertiary/aromatic N) is 2. The van der Waals surface area contributed by atoms with Gasteiger partial charge in [0.1, 0.15) is 0 Å². The molecule has 1 N–H and O–H groups in total. The second kappa shape index (κ2) is 11.5. The molecule has 1 heterocycles. The number of hydrogen-bond donors (Lipinski definition) is 1. The molecular formula is C18H27Cl2N3O3S. The number of likely N-dealkylation sites (N-methyl/N-ethyl adjacent to an activating group) is 1. The van der Waals surface area contributed by atoms with Gasteiger partial charge in [-0.15, -0.1) is 12.4 Å². The average molecular weight is 436 g/mol. The zero-order valence-corrected chi connectivity index (χ0v) is 18.0. The summed E-state index contributed by atoms with van der Waals surface area (Å²) < 4.78 is 23.6. The lowest BCUT2D eigenvalue weighted by molar-refractivity contribution is 0.177. The van der Waals surface area contributed by atoms with Gasteiger partial charge in [-0.2, -0.15) is 8.42 Å². The molecule has 0 bridgehead atoms. The van der Waals surface area contributed by atoms with Crippen molar-refractivity contribution in [3.05, 3.63) is 34.9 Å². The summed E-state index contributed by atoms with van der Waals surface area (Å²) in [4.78, 5) is 16.5. The first kappa shape index (κ1) is 23.8. The maximum Gasteiger partial charge on any atom is 0.317 e. The van der Waals surface area contributed by atoms with Gasteiger partial charge >= 0.3 is 6.03 Å². The Kier molecular flexibility index (Phi) is 10.2. The van der Waals surface area contributed by atoms with E-state index in [0.29, 0.717) is 35.9 Å². The Labute approximate surface area is 173 Å². The topological polar surface area (TPSA) is 69.7 Å². The Morgan fingerprint density at radius 1 is 1.30 bits per heavy atom. The monoisotopic (exact) mass is 435 g/mol. The van der Waals surface area contributed by atoms with E-state index in [9.17, 15) is 13.2 Å². The number of hydrogen-bond acceptors (Lipinski definition) is 4. The quantitative estimate of drug-likeness (QED) is 0.696. The predicted molar refractivity (Wildman–Crippen MR) is 113 cm³/mol. The summed E-state index contributed by atoms with van der Waals surface area (Å²) >= 11 is 5.89. The highest BCUT2D eigenvalue weighted by atomic mass is 35.5. The molecule has 9 heteroatoms. The molecule has 1 aromatic carbocycles. The number of urea groups is 1. The fourth-order valence-corrected chi connectivity index (χ4v) is 3.94. The van der Waals surface area contributed by atoms with E-state index >= 15 is 0 Å². The first-order chi connectivity index (χ1) is 12.4. The van der Waals surface area contributed by atoms with Gasteiger partial charge in [0.15, 0.2) is 0 Å². The first-order valence-corrected chi connectivity index (χ1v) is 10.2. The van der Waals surface area contributed by atoms with Gasteiger partial charge in [0, 0.05) is 43.5 Å². The highest BCUT2D eigenvalue weighted by Gasteiger charge is 2.27. The van der Waals surface area contributed by atoms with E-state index < -0.39 is 10.3 Å². The van der Waals surface area contributed by atoms with E-state index in [4.69, 9.17) is 11.6 Å². The maximum absolute atomic E-state index is 12.3. The molecule has 0 saturated carbocycles. The van der Waals surface area contributed by atoms with Crippen molar-refractivity contribution >= 4 is 45.2 Å². The van der Waals surface area contributed by atoms with Crippen LogP contribution >= 0.6 is 24.0 Å². The maximum atomic E-state index is 12.3. The number of piperidine rings is 1. The average Bonchev–Trinajstić information content (AvgIpc) is 2.60. The summed E-state index contributed by atoms with van der Waals surface area (Å²) in [7, 11) is 1.62. The third-order valence-electron chi connectivity index (χ3n) is 4.50. The Bertz CT molecular complexity index is 744. The van der Waals surface area contributed by atoms with Gasteiger partial charge in [-0.05, 0) is 44.6 Å². The number of amides is 2. The van der Waals surface area contributed by atoms with Crippen LogP contribution in [0.2, 0.25) is 5.02 Å². The molecule has 6 nitrogen and oxygen atoms in total. The summed E-state index contributed by atoms with van der Waals surface area (Å²) in [5.41, 5.74) is 0.904. The summed E-state index contributed by atoms with van der Waals surface area (Å²) in [6, 6.07) is 7.06. The van der Waals surface area contributed by atoms with Crippen LogP contribution in [-0.2, 0) is 16.7 Å². The van der Waals surface area contributed by atoms with E-state index in [2.05, 4.69) is 5.32 Å². The standard InChI is InChI=1S/C18H26ClN3O3S.ClH/c1-21(2)11-9-20-18(23)22-10-3-4-15(13-22)17(26(24)25)12-14-5-7-16(19)8-6-14;/h5-8,15H,3-4,9-13H2,1-2H3,(H,20,23);1H. The molecule has 1 fully saturated rings. The van der Waals surface area contributed by atoms with Crippen molar-refractivity contribution in [3.63, 3.8) is 0 Å². The molecule has 1 saturated heterocycles. The van der Waals surface area contributed by atoms with E-state index in [-0.39, 0.29) is 24.4 Å². The predicted octanol–water partition coefficient (Wildman–Crippen LogP) is 2.34. The first-order valence-electron chi connectivity index (χ1n) is 8.73. The van der Waals surface area contributed by atoms with Crippen molar-refractivity contribution < 1.29 is 13.2 Å². The van der Waals surface area contributed by atoms with Crippen molar-refractivity contribution in [2.45, 2.75) is 19.3 Å². The highest BCUT2D eigenvalue weighted by molar-refractivity contribution is 7.73. The summed E-state index contributed by atoms with van der Waals surface area (Å²) in [6.07, 6.45) is 1.93. The molecule has 1 aliphatic rings. The molecule has 0 spiro atoms. The Hall–Kier alpha value is -1.28. The highest BCUT2D eigenvalue weighted by Crippen LogP contribution is 2.20. The van der Waals surface area contributed by atoms with Crippen molar-refractivity contribution in [1.82, 2.24) is 15.1 Å². The van der Waals surface area contributed by atoms with E-state index in [1.54, 1.807) is 17.0 Å². The fraction of sp³-hybridized carbons (Fsp3) is 0.556. The molecule has 1 unspecified atom stereocenters. The van der Waals surface area contributed by atoms with Crippen molar-refractivity contribution in [3.8, 4) is 0 Å². The van der Waals surface area contributed by atoms with Gasteiger partial charge in [-0.3, -0.25) is 0 Å². The zero-order chi connectivity index (χ0) is 19.1. The molecule has 1 aromatic rings. The van der Waals surface area contributed by atoms with E-state index in [1.165, 1.54) is 0 Å². The fourth-order valence-electron chi connectivity index (χ4n) is 3.07. The minimum absolute atomic E-state index is 0. The van der Waals surface area contributed by atoms with E-state index in [1.807, 2.05) is 31.1 Å². The lowest BCUT2D eigenvalue weighted by Crippen LogP contribution is -2.48. The molecular weight excluding hydrogens is 409 g/mol. The van der Waals surface area contributed by atoms with Gasteiger partial charge in [0.2, 0.25) is 10.3 Å². The van der Waals surface area contributed by atoms with Crippen molar-refractivity contribution in [2.75, 3.05) is 40.3 Å². The SMILES string of the molecule is CN(C)CCNC(=O)N1CCCC(C(Cc2ccc(Cl)cc2)=S(=O)=O)C1.Cl. The number of carbonyl (C=O) groups excluding carboxylic acids is 1. The molecule has 152 valence electrons. The largest absolute Gasteiger partial charge is 0.337 e. The van der Waals surface area contributed by atoms with Gasteiger partial charge < -0.3 is 15.1 Å². The van der Waals surface area contributed by atoms with Crippen LogP contribution in [0.25, 0.3) is 0 Å².